The van der Waals surface area contributed by atoms with Crippen molar-refractivity contribution in [2.45, 2.75) is 58.8 Å². The first-order valence-corrected chi connectivity index (χ1v) is 6.68. The molecule has 0 amide bonds. The van der Waals surface area contributed by atoms with Crippen molar-refractivity contribution < 1.29 is 5.11 Å². The summed E-state index contributed by atoms with van der Waals surface area (Å²) in [5, 5.41) is 8.71. The van der Waals surface area contributed by atoms with E-state index in [1.54, 1.807) is 0 Å². The van der Waals surface area contributed by atoms with E-state index >= 15 is 0 Å². The number of unbranched alkanes of at least 4 members (excludes halogenated alkanes) is 5. The minimum atomic E-state index is 0.341. The molecule has 0 saturated carbocycles. The molecule has 0 aromatic heterocycles. The summed E-state index contributed by atoms with van der Waals surface area (Å²) in [5.41, 5.74) is 0. The highest BCUT2D eigenvalue weighted by molar-refractivity contribution is 4.56. The van der Waals surface area contributed by atoms with Crippen molar-refractivity contribution in [3.05, 3.63) is 0 Å². The molecule has 0 atom stereocenters. The summed E-state index contributed by atoms with van der Waals surface area (Å²) in [6.45, 7) is 8.38. The largest absolute Gasteiger partial charge is 0.396 e. The number of aliphatic hydroxyl groups is 1. The summed E-state index contributed by atoms with van der Waals surface area (Å²) < 4.78 is 0. The zero-order valence-electron chi connectivity index (χ0n) is 10.7. The van der Waals surface area contributed by atoms with Crippen LogP contribution in [0.25, 0.3) is 0 Å². The second-order valence-electron chi connectivity index (χ2n) is 4.28. The molecule has 0 aliphatic carbocycles. The summed E-state index contributed by atoms with van der Waals surface area (Å²) >= 11 is 0. The number of rotatable bonds is 11. The van der Waals surface area contributed by atoms with Gasteiger partial charge in [-0.3, -0.25) is 0 Å². The molecule has 2 nitrogen and oxygen atoms in total. The van der Waals surface area contributed by atoms with E-state index in [-0.39, 0.29) is 0 Å². The van der Waals surface area contributed by atoms with E-state index < -0.39 is 0 Å². The van der Waals surface area contributed by atoms with Gasteiger partial charge in [0.25, 0.3) is 0 Å². The first-order valence-electron chi connectivity index (χ1n) is 6.68. The van der Waals surface area contributed by atoms with Gasteiger partial charge in [-0.15, -0.1) is 0 Å². The Bertz CT molecular complexity index is 117. The quantitative estimate of drug-likeness (QED) is 0.535. The van der Waals surface area contributed by atoms with Gasteiger partial charge in [-0.05, 0) is 38.9 Å². The van der Waals surface area contributed by atoms with Gasteiger partial charge in [0.2, 0.25) is 0 Å². The molecule has 0 unspecified atom stereocenters. The van der Waals surface area contributed by atoms with E-state index in [0.29, 0.717) is 6.61 Å². The average molecular weight is 215 g/mol. The Kier molecular flexibility index (Phi) is 11.9. The van der Waals surface area contributed by atoms with Gasteiger partial charge in [0.1, 0.15) is 0 Å². The lowest BCUT2D eigenvalue weighted by atomic mass is 10.1. The predicted molar refractivity (Wildman–Crippen MR) is 67.2 cm³/mol. The lowest BCUT2D eigenvalue weighted by Crippen LogP contribution is -2.25. The summed E-state index contributed by atoms with van der Waals surface area (Å²) in [6, 6.07) is 0. The second-order valence-corrected chi connectivity index (χ2v) is 4.28. The van der Waals surface area contributed by atoms with Crippen LogP contribution >= 0.6 is 0 Å². The summed E-state index contributed by atoms with van der Waals surface area (Å²) in [7, 11) is 0. The maximum atomic E-state index is 8.71. The molecule has 0 aliphatic rings. The first kappa shape index (κ1) is 14.9. The highest BCUT2D eigenvalue weighted by Crippen LogP contribution is 2.04. The third-order valence-electron chi connectivity index (χ3n) is 2.91. The minimum Gasteiger partial charge on any atom is -0.396 e. The van der Waals surface area contributed by atoms with E-state index in [9.17, 15) is 0 Å². The van der Waals surface area contributed by atoms with Crippen LogP contribution in [-0.4, -0.2) is 36.2 Å². The second kappa shape index (κ2) is 12.0. The van der Waals surface area contributed by atoms with Crippen molar-refractivity contribution >= 4 is 0 Å². The molecule has 0 spiro atoms. The van der Waals surface area contributed by atoms with Crippen LogP contribution in [0.4, 0.5) is 0 Å². The lowest BCUT2D eigenvalue weighted by Gasteiger charge is -2.19. The van der Waals surface area contributed by atoms with Crippen molar-refractivity contribution in [1.82, 2.24) is 4.90 Å². The molecule has 0 radical (unpaired) electrons. The van der Waals surface area contributed by atoms with Crippen molar-refractivity contribution in [1.29, 1.82) is 0 Å². The molecule has 0 heterocycles. The molecular weight excluding hydrogens is 186 g/mol. The predicted octanol–water partition coefficient (Wildman–Crippen LogP) is 3.05. The molecule has 0 bridgehead atoms. The van der Waals surface area contributed by atoms with E-state index in [1.165, 1.54) is 38.6 Å². The molecular formula is C13H29NO. The van der Waals surface area contributed by atoms with Crippen LogP contribution in [0, 0.1) is 0 Å². The summed E-state index contributed by atoms with van der Waals surface area (Å²) in [6.07, 6.45) is 8.91. The lowest BCUT2D eigenvalue weighted by molar-refractivity contribution is 0.245. The van der Waals surface area contributed by atoms with Crippen molar-refractivity contribution in [2.75, 3.05) is 26.2 Å². The number of hydrogen-bond donors (Lipinski definition) is 1. The molecule has 15 heavy (non-hydrogen) atoms. The van der Waals surface area contributed by atoms with Crippen LogP contribution in [0.15, 0.2) is 0 Å². The molecule has 1 N–H and O–H groups in total. The van der Waals surface area contributed by atoms with Crippen LogP contribution in [0.1, 0.15) is 58.8 Å². The van der Waals surface area contributed by atoms with Gasteiger partial charge in [-0.2, -0.15) is 0 Å². The van der Waals surface area contributed by atoms with Crippen molar-refractivity contribution in [2.24, 2.45) is 0 Å². The Morgan fingerprint density at radius 3 is 1.93 bits per heavy atom. The fraction of sp³-hybridized carbons (Fsp3) is 1.00. The molecule has 0 aromatic rings. The van der Waals surface area contributed by atoms with Crippen LogP contribution < -0.4 is 0 Å². The Balaban J connectivity index is 3.28. The maximum absolute atomic E-state index is 8.71. The van der Waals surface area contributed by atoms with Crippen LogP contribution in [0.2, 0.25) is 0 Å². The maximum Gasteiger partial charge on any atom is 0.0431 e. The van der Waals surface area contributed by atoms with Gasteiger partial charge >= 0.3 is 0 Å². The molecule has 0 aliphatic heterocycles. The minimum absolute atomic E-state index is 0.341. The van der Waals surface area contributed by atoms with Gasteiger partial charge < -0.3 is 10.0 Å². The number of nitrogens with zero attached hydrogens (tertiary/aromatic N) is 1. The zero-order valence-corrected chi connectivity index (χ0v) is 10.7. The van der Waals surface area contributed by atoms with Gasteiger partial charge in [-0.1, -0.05) is 39.5 Å². The van der Waals surface area contributed by atoms with Crippen LogP contribution in [0.5, 0.6) is 0 Å². The molecule has 0 aromatic carbocycles. The summed E-state index contributed by atoms with van der Waals surface area (Å²) in [4.78, 5) is 2.50. The molecule has 0 rings (SSSR count). The van der Waals surface area contributed by atoms with Crippen molar-refractivity contribution in [3.63, 3.8) is 0 Å². The third-order valence-corrected chi connectivity index (χ3v) is 2.91. The Morgan fingerprint density at radius 1 is 0.800 bits per heavy atom. The van der Waals surface area contributed by atoms with Crippen LogP contribution in [-0.2, 0) is 0 Å². The Labute approximate surface area is 95.7 Å². The Morgan fingerprint density at radius 2 is 1.40 bits per heavy atom. The fourth-order valence-electron chi connectivity index (χ4n) is 1.81. The van der Waals surface area contributed by atoms with Gasteiger partial charge in [0.05, 0.1) is 0 Å². The van der Waals surface area contributed by atoms with E-state index in [2.05, 4.69) is 18.7 Å². The Hall–Kier alpha value is -0.0800. The average Bonchev–Trinajstić information content (AvgIpc) is 2.26. The van der Waals surface area contributed by atoms with Gasteiger partial charge in [0, 0.05) is 6.61 Å². The zero-order chi connectivity index (χ0) is 11.4. The third kappa shape index (κ3) is 10.2. The SMILES string of the molecule is CCCCCCCN(CC)CCCCO. The molecule has 0 saturated heterocycles. The highest BCUT2D eigenvalue weighted by Gasteiger charge is 2.00. The van der Waals surface area contributed by atoms with E-state index in [4.69, 9.17) is 5.11 Å². The standard InChI is InChI=1S/C13H29NO/c1-3-5-6-7-8-11-14(4-2)12-9-10-13-15/h15H,3-13H2,1-2H3. The summed E-state index contributed by atoms with van der Waals surface area (Å²) in [5.74, 6) is 0. The molecule has 92 valence electrons. The number of aliphatic hydroxyl groups excluding tert-OH is 1. The van der Waals surface area contributed by atoms with Crippen molar-refractivity contribution in [3.8, 4) is 0 Å². The van der Waals surface area contributed by atoms with Gasteiger partial charge in [-0.25, -0.2) is 0 Å². The molecule has 2 heteroatoms. The number of hydrogen-bond acceptors (Lipinski definition) is 2. The van der Waals surface area contributed by atoms with E-state index in [1.807, 2.05) is 0 Å². The topological polar surface area (TPSA) is 23.5 Å². The molecule has 0 fully saturated rings. The monoisotopic (exact) mass is 215 g/mol. The smallest absolute Gasteiger partial charge is 0.0431 e. The normalized spacial score (nSPS) is 11.2. The fourth-order valence-corrected chi connectivity index (χ4v) is 1.81. The van der Waals surface area contributed by atoms with Crippen LogP contribution in [0.3, 0.4) is 0 Å². The highest BCUT2D eigenvalue weighted by atomic mass is 16.2. The first-order chi connectivity index (χ1) is 7.35. The van der Waals surface area contributed by atoms with E-state index in [0.717, 1.165) is 25.9 Å². The van der Waals surface area contributed by atoms with Gasteiger partial charge in [0.15, 0.2) is 0 Å².